The minimum atomic E-state index is 0.164. The van der Waals surface area contributed by atoms with E-state index in [0.717, 1.165) is 12.8 Å². The normalized spacial score (nSPS) is 25.4. The average molecular weight is 261 g/mol. The average Bonchev–Trinajstić information content (AvgIpc) is 2.27. The van der Waals surface area contributed by atoms with Crippen LogP contribution in [0.3, 0.4) is 0 Å². The summed E-state index contributed by atoms with van der Waals surface area (Å²) in [5.74, 6) is 0. The van der Waals surface area contributed by atoms with Gasteiger partial charge in [0, 0.05) is 18.2 Å². The molecule has 0 amide bonds. The van der Waals surface area contributed by atoms with E-state index in [0.29, 0.717) is 16.0 Å². The van der Waals surface area contributed by atoms with Crippen LogP contribution in [0.2, 0.25) is 10.3 Å². The number of rotatable bonds is 2. The van der Waals surface area contributed by atoms with Gasteiger partial charge in [0.05, 0.1) is 5.69 Å². The Bertz CT molecular complexity index is 372. The fourth-order valence-electron chi connectivity index (χ4n) is 1.99. The van der Waals surface area contributed by atoms with Crippen molar-refractivity contribution >= 4 is 28.9 Å². The van der Waals surface area contributed by atoms with Gasteiger partial charge in [-0.05, 0) is 12.8 Å². The van der Waals surface area contributed by atoms with Gasteiger partial charge in [-0.15, -0.1) is 10.2 Å². The van der Waals surface area contributed by atoms with Crippen molar-refractivity contribution in [3.63, 3.8) is 0 Å². The van der Waals surface area contributed by atoms with Crippen LogP contribution in [0, 0.1) is 0 Å². The fourth-order valence-corrected chi connectivity index (χ4v) is 2.29. The van der Waals surface area contributed by atoms with Crippen LogP contribution in [0.1, 0.15) is 25.7 Å². The highest BCUT2D eigenvalue weighted by Crippen LogP contribution is 2.25. The summed E-state index contributed by atoms with van der Waals surface area (Å²) >= 11 is 11.7. The maximum atomic E-state index is 6.04. The third kappa shape index (κ3) is 2.75. The smallest absolute Gasteiger partial charge is 0.174 e. The Morgan fingerprint density at radius 2 is 2.00 bits per heavy atom. The van der Waals surface area contributed by atoms with Crippen LogP contribution in [-0.4, -0.2) is 22.3 Å². The van der Waals surface area contributed by atoms with E-state index in [4.69, 9.17) is 28.9 Å². The molecule has 88 valence electrons. The van der Waals surface area contributed by atoms with Crippen molar-refractivity contribution in [2.45, 2.75) is 37.8 Å². The lowest BCUT2D eigenvalue weighted by Crippen LogP contribution is -2.42. The van der Waals surface area contributed by atoms with Crippen molar-refractivity contribution in [1.29, 1.82) is 0 Å². The molecule has 1 saturated carbocycles. The Kier molecular flexibility index (Phi) is 3.84. The lowest BCUT2D eigenvalue weighted by molar-refractivity contribution is 0.404. The Balaban J connectivity index is 2.10. The Morgan fingerprint density at radius 1 is 1.25 bits per heavy atom. The van der Waals surface area contributed by atoms with E-state index in [1.165, 1.54) is 12.8 Å². The summed E-state index contributed by atoms with van der Waals surface area (Å²) in [7, 11) is 0. The molecule has 1 heterocycles. The molecule has 1 aromatic rings. The van der Waals surface area contributed by atoms with Gasteiger partial charge in [0.25, 0.3) is 0 Å². The summed E-state index contributed by atoms with van der Waals surface area (Å²) < 4.78 is 0. The highest BCUT2D eigenvalue weighted by atomic mass is 35.5. The monoisotopic (exact) mass is 260 g/mol. The molecule has 1 aromatic heterocycles. The van der Waals surface area contributed by atoms with Crippen molar-refractivity contribution in [1.82, 2.24) is 10.2 Å². The van der Waals surface area contributed by atoms with E-state index in [-0.39, 0.29) is 12.1 Å². The summed E-state index contributed by atoms with van der Waals surface area (Å²) in [6.45, 7) is 0. The number of nitrogens with one attached hydrogen (secondary N) is 1. The van der Waals surface area contributed by atoms with Gasteiger partial charge in [0.15, 0.2) is 10.3 Å². The molecule has 2 rings (SSSR count). The summed E-state index contributed by atoms with van der Waals surface area (Å²) in [5, 5.41) is 11.4. The van der Waals surface area contributed by atoms with Crippen LogP contribution >= 0.6 is 23.2 Å². The maximum Gasteiger partial charge on any atom is 0.174 e. The van der Waals surface area contributed by atoms with Gasteiger partial charge in [0.2, 0.25) is 0 Å². The van der Waals surface area contributed by atoms with Gasteiger partial charge < -0.3 is 11.1 Å². The van der Waals surface area contributed by atoms with Gasteiger partial charge in [-0.25, -0.2) is 0 Å². The number of halogens is 2. The van der Waals surface area contributed by atoms with Crippen molar-refractivity contribution in [2.75, 3.05) is 5.32 Å². The molecule has 3 N–H and O–H groups in total. The quantitative estimate of drug-likeness (QED) is 0.858. The lowest BCUT2D eigenvalue weighted by Gasteiger charge is -2.30. The Hall–Kier alpha value is -0.580. The summed E-state index contributed by atoms with van der Waals surface area (Å²) in [6.07, 6.45) is 4.48. The number of hydrogen-bond donors (Lipinski definition) is 2. The van der Waals surface area contributed by atoms with Gasteiger partial charge in [0.1, 0.15) is 0 Å². The number of nitrogens with two attached hydrogens (primary N) is 1. The molecule has 4 nitrogen and oxygen atoms in total. The topological polar surface area (TPSA) is 63.8 Å². The number of nitrogens with zero attached hydrogens (tertiary/aromatic N) is 2. The first-order valence-electron chi connectivity index (χ1n) is 5.37. The molecule has 0 bridgehead atoms. The van der Waals surface area contributed by atoms with E-state index < -0.39 is 0 Å². The van der Waals surface area contributed by atoms with E-state index in [1.54, 1.807) is 6.07 Å². The summed E-state index contributed by atoms with van der Waals surface area (Å²) in [4.78, 5) is 0. The number of aromatic nitrogens is 2. The van der Waals surface area contributed by atoms with E-state index >= 15 is 0 Å². The van der Waals surface area contributed by atoms with Crippen LogP contribution in [-0.2, 0) is 0 Å². The van der Waals surface area contributed by atoms with Gasteiger partial charge >= 0.3 is 0 Å². The zero-order valence-electron chi connectivity index (χ0n) is 8.79. The number of anilines is 1. The van der Waals surface area contributed by atoms with E-state index in [9.17, 15) is 0 Å². The third-order valence-corrected chi connectivity index (χ3v) is 3.34. The van der Waals surface area contributed by atoms with Crippen LogP contribution in [0.4, 0.5) is 5.69 Å². The Labute approximate surface area is 105 Å². The molecule has 0 saturated heterocycles. The van der Waals surface area contributed by atoms with Gasteiger partial charge in [-0.2, -0.15) is 0 Å². The minimum absolute atomic E-state index is 0.164. The molecule has 6 heteroatoms. The van der Waals surface area contributed by atoms with E-state index in [2.05, 4.69) is 15.5 Å². The van der Waals surface area contributed by atoms with Crippen molar-refractivity contribution < 1.29 is 0 Å². The summed E-state index contributed by atoms with van der Waals surface area (Å²) in [6, 6.07) is 2.08. The van der Waals surface area contributed by atoms with Crippen molar-refractivity contribution in [3.8, 4) is 0 Å². The largest absolute Gasteiger partial charge is 0.378 e. The fraction of sp³-hybridized carbons (Fsp3) is 0.600. The highest BCUT2D eigenvalue weighted by molar-refractivity contribution is 6.33. The highest BCUT2D eigenvalue weighted by Gasteiger charge is 2.22. The molecular weight excluding hydrogens is 247 g/mol. The standard InChI is InChI=1S/C10H14Cl2N4/c11-9-5-8(10(12)16-15-9)14-7-4-2-1-3-6(7)13/h5-7H,1-4,13H2,(H,14,15). The second-order valence-corrected chi connectivity index (χ2v) is 4.82. The van der Waals surface area contributed by atoms with E-state index in [1.807, 2.05) is 0 Å². The van der Waals surface area contributed by atoms with Crippen LogP contribution < -0.4 is 11.1 Å². The molecule has 1 aliphatic rings. The van der Waals surface area contributed by atoms with Crippen molar-refractivity contribution in [3.05, 3.63) is 16.4 Å². The first-order valence-corrected chi connectivity index (χ1v) is 6.13. The zero-order valence-corrected chi connectivity index (χ0v) is 10.3. The first-order chi connectivity index (χ1) is 7.66. The van der Waals surface area contributed by atoms with Crippen molar-refractivity contribution in [2.24, 2.45) is 5.73 Å². The zero-order chi connectivity index (χ0) is 11.5. The second-order valence-electron chi connectivity index (χ2n) is 4.07. The molecule has 0 aromatic carbocycles. The maximum absolute atomic E-state index is 6.04. The predicted octanol–water partition coefficient (Wildman–Crippen LogP) is 2.47. The minimum Gasteiger partial charge on any atom is -0.378 e. The first kappa shape index (κ1) is 11.9. The molecule has 0 radical (unpaired) electrons. The molecule has 1 fully saturated rings. The predicted molar refractivity (Wildman–Crippen MR) is 65.9 cm³/mol. The van der Waals surface area contributed by atoms with Crippen LogP contribution in [0.5, 0.6) is 0 Å². The Morgan fingerprint density at radius 3 is 2.75 bits per heavy atom. The third-order valence-electron chi connectivity index (χ3n) is 2.88. The molecule has 0 spiro atoms. The van der Waals surface area contributed by atoms with Crippen LogP contribution in [0.15, 0.2) is 6.07 Å². The number of hydrogen-bond acceptors (Lipinski definition) is 4. The molecule has 16 heavy (non-hydrogen) atoms. The SMILES string of the molecule is NC1CCCCC1Nc1cc(Cl)nnc1Cl. The summed E-state index contributed by atoms with van der Waals surface area (Å²) in [5.41, 5.74) is 6.75. The molecule has 1 aliphatic carbocycles. The van der Waals surface area contributed by atoms with Gasteiger partial charge in [-0.1, -0.05) is 36.0 Å². The van der Waals surface area contributed by atoms with Crippen LogP contribution in [0.25, 0.3) is 0 Å². The van der Waals surface area contributed by atoms with Gasteiger partial charge in [-0.3, -0.25) is 0 Å². The molecular formula is C10H14Cl2N4. The lowest BCUT2D eigenvalue weighted by atomic mass is 9.91. The molecule has 2 unspecified atom stereocenters. The second kappa shape index (κ2) is 5.17. The molecule has 0 aliphatic heterocycles. The molecule has 2 atom stereocenters.